The maximum absolute atomic E-state index is 5.54. The zero-order valence-electron chi connectivity index (χ0n) is 12.5. The third kappa shape index (κ3) is 3.78. The average Bonchev–Trinajstić information content (AvgIpc) is 2.93. The first-order valence-corrected chi connectivity index (χ1v) is 8.61. The summed E-state index contributed by atoms with van der Waals surface area (Å²) in [6.07, 6.45) is 1.07. The Morgan fingerprint density at radius 1 is 1.19 bits per heavy atom. The molecule has 2 aromatic rings. The van der Waals surface area contributed by atoms with Crippen molar-refractivity contribution in [3.8, 4) is 11.5 Å². The third-order valence-electron chi connectivity index (χ3n) is 3.30. The first-order valence-electron chi connectivity index (χ1n) is 6.88. The molecule has 0 aliphatic rings. The summed E-state index contributed by atoms with van der Waals surface area (Å²) in [6.45, 7) is 3.10. The van der Waals surface area contributed by atoms with E-state index < -0.39 is 0 Å². The minimum absolute atomic E-state index is 0.0793. The van der Waals surface area contributed by atoms with Gasteiger partial charge in [0.2, 0.25) is 0 Å². The van der Waals surface area contributed by atoms with Gasteiger partial charge in [-0.05, 0) is 58.0 Å². The number of methoxy groups -OCH3 is 2. The van der Waals surface area contributed by atoms with Crippen LogP contribution in [0.1, 0.15) is 30.5 Å². The quantitative estimate of drug-likeness (QED) is 0.772. The van der Waals surface area contributed by atoms with E-state index in [-0.39, 0.29) is 6.04 Å². The molecule has 1 aromatic heterocycles. The van der Waals surface area contributed by atoms with Crippen LogP contribution in [0.4, 0.5) is 0 Å². The van der Waals surface area contributed by atoms with Gasteiger partial charge in [0.1, 0.15) is 11.5 Å². The number of rotatable bonds is 7. The van der Waals surface area contributed by atoms with Crippen LogP contribution in [0.5, 0.6) is 11.5 Å². The molecular formula is C16H20BrNO2S. The van der Waals surface area contributed by atoms with Gasteiger partial charge in [-0.25, -0.2) is 0 Å². The number of hydrogen-bond acceptors (Lipinski definition) is 4. The van der Waals surface area contributed by atoms with Gasteiger partial charge in [-0.1, -0.05) is 6.92 Å². The van der Waals surface area contributed by atoms with Gasteiger partial charge in [0, 0.05) is 15.4 Å². The largest absolute Gasteiger partial charge is 0.497 e. The molecule has 0 aliphatic carbocycles. The van der Waals surface area contributed by atoms with E-state index >= 15 is 0 Å². The molecule has 0 spiro atoms. The maximum Gasteiger partial charge on any atom is 0.124 e. The van der Waals surface area contributed by atoms with Crippen LogP contribution in [0.3, 0.4) is 0 Å². The molecule has 0 bridgehead atoms. The molecule has 5 heteroatoms. The van der Waals surface area contributed by atoms with E-state index in [1.807, 2.05) is 18.2 Å². The molecule has 3 nitrogen and oxygen atoms in total. The molecule has 1 heterocycles. The summed E-state index contributed by atoms with van der Waals surface area (Å²) in [6, 6.07) is 5.99. The van der Waals surface area contributed by atoms with Gasteiger partial charge in [-0.15, -0.1) is 0 Å². The Labute approximate surface area is 138 Å². The van der Waals surface area contributed by atoms with E-state index in [0.29, 0.717) is 0 Å². The number of thiophene rings is 1. The summed E-state index contributed by atoms with van der Waals surface area (Å²) in [5, 5.41) is 7.86. The molecule has 21 heavy (non-hydrogen) atoms. The molecule has 2 rings (SSSR count). The fraction of sp³-hybridized carbons (Fsp3) is 0.375. The Balaban J connectivity index is 2.47. The van der Waals surface area contributed by atoms with Gasteiger partial charge in [0.05, 0.1) is 20.3 Å². The standard InChI is InChI=1S/C16H20BrNO2S/c1-4-7-18-16(13-9-21-10-14(13)17)12-8-11(19-2)5-6-15(12)20-3/h5-6,8-10,16,18H,4,7H2,1-3H3. The minimum atomic E-state index is 0.0793. The van der Waals surface area contributed by atoms with Crippen LogP contribution < -0.4 is 14.8 Å². The molecule has 0 fully saturated rings. The molecule has 0 aliphatic heterocycles. The van der Waals surface area contributed by atoms with Crippen LogP contribution in [0, 0.1) is 0 Å². The molecule has 0 saturated heterocycles. The molecule has 114 valence electrons. The number of hydrogen-bond donors (Lipinski definition) is 1. The predicted molar refractivity (Wildman–Crippen MR) is 91.7 cm³/mol. The fourth-order valence-electron chi connectivity index (χ4n) is 2.24. The minimum Gasteiger partial charge on any atom is -0.497 e. The highest BCUT2D eigenvalue weighted by molar-refractivity contribution is 9.10. The van der Waals surface area contributed by atoms with Crippen molar-refractivity contribution in [1.82, 2.24) is 5.32 Å². The van der Waals surface area contributed by atoms with Gasteiger partial charge in [-0.2, -0.15) is 11.3 Å². The molecule has 1 aromatic carbocycles. The second-order valence-corrected chi connectivity index (χ2v) is 6.27. The first kappa shape index (κ1) is 16.3. The zero-order valence-corrected chi connectivity index (χ0v) is 14.9. The molecule has 1 atom stereocenters. The van der Waals surface area contributed by atoms with Gasteiger partial charge in [0.25, 0.3) is 0 Å². The van der Waals surface area contributed by atoms with Crippen molar-refractivity contribution in [2.75, 3.05) is 20.8 Å². The number of nitrogens with one attached hydrogen (secondary N) is 1. The molecule has 0 saturated carbocycles. The van der Waals surface area contributed by atoms with E-state index in [4.69, 9.17) is 9.47 Å². The van der Waals surface area contributed by atoms with Crippen LogP contribution in [0.25, 0.3) is 0 Å². The Kier molecular flexibility index (Phi) is 6.08. The summed E-state index contributed by atoms with van der Waals surface area (Å²) in [5.41, 5.74) is 2.31. The second-order valence-electron chi connectivity index (χ2n) is 4.67. The van der Waals surface area contributed by atoms with Crippen molar-refractivity contribution in [2.24, 2.45) is 0 Å². The van der Waals surface area contributed by atoms with Crippen molar-refractivity contribution in [2.45, 2.75) is 19.4 Å². The van der Waals surface area contributed by atoms with Gasteiger partial charge in [0.15, 0.2) is 0 Å². The van der Waals surface area contributed by atoms with Crippen LogP contribution in [-0.2, 0) is 0 Å². The Morgan fingerprint density at radius 3 is 2.57 bits per heavy atom. The smallest absolute Gasteiger partial charge is 0.124 e. The lowest BCUT2D eigenvalue weighted by atomic mass is 9.99. The summed E-state index contributed by atoms with van der Waals surface area (Å²) in [5.74, 6) is 1.70. The van der Waals surface area contributed by atoms with Crippen molar-refractivity contribution < 1.29 is 9.47 Å². The van der Waals surface area contributed by atoms with Crippen LogP contribution >= 0.6 is 27.3 Å². The van der Waals surface area contributed by atoms with Gasteiger partial charge in [-0.3, -0.25) is 0 Å². The third-order valence-corrected chi connectivity index (χ3v) is 5.05. The highest BCUT2D eigenvalue weighted by atomic mass is 79.9. The van der Waals surface area contributed by atoms with Crippen molar-refractivity contribution in [3.63, 3.8) is 0 Å². The molecular weight excluding hydrogens is 350 g/mol. The number of ether oxygens (including phenoxy) is 2. The highest BCUT2D eigenvalue weighted by Crippen LogP contribution is 2.37. The number of benzene rings is 1. The lowest BCUT2D eigenvalue weighted by molar-refractivity contribution is 0.393. The van der Waals surface area contributed by atoms with Crippen molar-refractivity contribution in [3.05, 3.63) is 44.6 Å². The summed E-state index contributed by atoms with van der Waals surface area (Å²) < 4.78 is 12.0. The summed E-state index contributed by atoms with van der Waals surface area (Å²) in [4.78, 5) is 0. The van der Waals surface area contributed by atoms with Crippen molar-refractivity contribution in [1.29, 1.82) is 0 Å². The number of halogens is 1. The van der Waals surface area contributed by atoms with Crippen molar-refractivity contribution >= 4 is 27.3 Å². The fourth-order valence-corrected chi connectivity index (χ4v) is 3.79. The lowest BCUT2D eigenvalue weighted by Crippen LogP contribution is -2.23. The molecule has 1 N–H and O–H groups in total. The zero-order chi connectivity index (χ0) is 15.2. The normalized spacial score (nSPS) is 12.2. The Hall–Kier alpha value is -1.04. The molecule has 1 unspecified atom stereocenters. The van der Waals surface area contributed by atoms with Gasteiger partial charge < -0.3 is 14.8 Å². The second kappa shape index (κ2) is 7.82. The van der Waals surface area contributed by atoms with Crippen LogP contribution in [-0.4, -0.2) is 20.8 Å². The predicted octanol–water partition coefficient (Wildman–Crippen LogP) is 4.62. The maximum atomic E-state index is 5.54. The van der Waals surface area contributed by atoms with Crippen LogP contribution in [0.2, 0.25) is 0 Å². The summed E-state index contributed by atoms with van der Waals surface area (Å²) >= 11 is 5.32. The van der Waals surface area contributed by atoms with Crippen LogP contribution in [0.15, 0.2) is 33.4 Å². The molecule has 0 amide bonds. The topological polar surface area (TPSA) is 30.5 Å². The van der Waals surface area contributed by atoms with E-state index in [1.165, 1.54) is 5.56 Å². The Bertz CT molecular complexity index is 585. The molecule has 0 radical (unpaired) electrons. The summed E-state index contributed by atoms with van der Waals surface area (Å²) in [7, 11) is 3.38. The Morgan fingerprint density at radius 2 is 2.00 bits per heavy atom. The van der Waals surface area contributed by atoms with E-state index in [1.54, 1.807) is 25.6 Å². The van der Waals surface area contributed by atoms with E-state index in [0.717, 1.165) is 34.5 Å². The van der Waals surface area contributed by atoms with E-state index in [9.17, 15) is 0 Å². The lowest BCUT2D eigenvalue weighted by Gasteiger charge is -2.22. The van der Waals surface area contributed by atoms with Gasteiger partial charge >= 0.3 is 0 Å². The first-order chi connectivity index (χ1) is 10.2. The van der Waals surface area contributed by atoms with E-state index in [2.05, 4.69) is 38.9 Å². The monoisotopic (exact) mass is 369 g/mol. The SMILES string of the molecule is CCCNC(c1cscc1Br)c1cc(OC)ccc1OC. The highest BCUT2D eigenvalue weighted by Gasteiger charge is 2.21. The average molecular weight is 370 g/mol.